The van der Waals surface area contributed by atoms with Crippen LogP contribution in [0.5, 0.6) is 11.5 Å². The lowest BCUT2D eigenvalue weighted by atomic mass is 10.0. The lowest BCUT2D eigenvalue weighted by Crippen LogP contribution is -2.52. The summed E-state index contributed by atoms with van der Waals surface area (Å²) in [6.45, 7) is 10.8. The molecule has 2 heterocycles. The number of hydrogen-bond donors (Lipinski definition) is 0. The van der Waals surface area contributed by atoms with E-state index in [1.165, 1.54) is 19.3 Å². The number of hydrogen-bond acceptors (Lipinski definition) is 7. The number of ether oxygens (including phenoxy) is 3. The van der Waals surface area contributed by atoms with Crippen molar-refractivity contribution >= 4 is 11.7 Å². The highest BCUT2D eigenvalue weighted by atomic mass is 16.5. The molecule has 0 spiro atoms. The molecule has 2 aliphatic rings. The number of benzene rings is 1. The Morgan fingerprint density at radius 1 is 1.16 bits per heavy atom. The van der Waals surface area contributed by atoms with Crippen LogP contribution in [-0.2, 0) is 9.53 Å². The van der Waals surface area contributed by atoms with Gasteiger partial charge in [-0.3, -0.25) is 14.5 Å². The highest BCUT2D eigenvalue weighted by Gasteiger charge is 2.26. The number of rotatable bonds is 8. The lowest BCUT2D eigenvalue weighted by Gasteiger charge is -2.38. The van der Waals surface area contributed by atoms with Crippen molar-refractivity contribution in [2.75, 3.05) is 73.2 Å². The van der Waals surface area contributed by atoms with Crippen LogP contribution in [0.2, 0.25) is 0 Å². The van der Waals surface area contributed by atoms with Gasteiger partial charge in [-0.25, -0.2) is 0 Å². The Morgan fingerprint density at radius 2 is 1.91 bits per heavy atom. The Bertz CT molecular complexity index is 833. The zero-order valence-corrected chi connectivity index (χ0v) is 19.6. The third kappa shape index (κ3) is 6.09. The fourth-order valence-electron chi connectivity index (χ4n) is 4.13. The molecule has 32 heavy (non-hydrogen) atoms. The number of allylic oxidation sites excluding steroid dienone is 1. The van der Waals surface area contributed by atoms with Gasteiger partial charge in [-0.05, 0) is 39.1 Å². The normalized spacial score (nSPS) is 20.5. The van der Waals surface area contributed by atoms with Gasteiger partial charge < -0.3 is 24.0 Å². The molecule has 1 atom stereocenters. The van der Waals surface area contributed by atoms with E-state index >= 15 is 0 Å². The number of morpholine rings is 1. The van der Waals surface area contributed by atoms with E-state index in [1.807, 2.05) is 13.8 Å². The first-order valence-electron chi connectivity index (χ1n) is 11.3. The molecule has 8 nitrogen and oxygen atoms in total. The van der Waals surface area contributed by atoms with E-state index in [4.69, 9.17) is 14.2 Å². The molecule has 1 unspecified atom stereocenters. The second-order valence-corrected chi connectivity index (χ2v) is 8.28. The van der Waals surface area contributed by atoms with Gasteiger partial charge in [0, 0.05) is 57.5 Å². The van der Waals surface area contributed by atoms with Gasteiger partial charge in [0.05, 0.1) is 32.0 Å². The monoisotopic (exact) mass is 445 g/mol. The Morgan fingerprint density at radius 3 is 2.59 bits per heavy atom. The summed E-state index contributed by atoms with van der Waals surface area (Å²) in [4.78, 5) is 32.0. The molecule has 1 amide bonds. The Balaban J connectivity index is 1.59. The molecule has 1 aromatic rings. The third-order valence-corrected chi connectivity index (χ3v) is 6.01. The first-order valence-corrected chi connectivity index (χ1v) is 11.3. The maximum Gasteiger partial charge on any atom is 0.246 e. The largest absolute Gasteiger partial charge is 0.496 e. The fraction of sp³-hybridized carbons (Fsp3) is 0.583. The van der Waals surface area contributed by atoms with Gasteiger partial charge >= 0.3 is 0 Å². The van der Waals surface area contributed by atoms with E-state index in [-0.39, 0.29) is 17.8 Å². The molecule has 2 fully saturated rings. The summed E-state index contributed by atoms with van der Waals surface area (Å²) in [6, 6.07) is 3.43. The molecule has 3 rings (SSSR count). The second kappa shape index (κ2) is 11.4. The summed E-state index contributed by atoms with van der Waals surface area (Å²) in [7, 11) is 3.66. The second-order valence-electron chi connectivity index (χ2n) is 8.28. The van der Waals surface area contributed by atoms with E-state index in [2.05, 4.69) is 16.8 Å². The minimum Gasteiger partial charge on any atom is -0.496 e. The van der Waals surface area contributed by atoms with E-state index in [0.29, 0.717) is 43.4 Å². The minimum atomic E-state index is -0.274. The average Bonchev–Trinajstić information content (AvgIpc) is 2.80. The van der Waals surface area contributed by atoms with Crippen LogP contribution in [0.25, 0.3) is 0 Å². The van der Waals surface area contributed by atoms with Crippen molar-refractivity contribution in [1.82, 2.24) is 14.7 Å². The highest BCUT2D eigenvalue weighted by molar-refractivity contribution is 6.09. The lowest BCUT2D eigenvalue weighted by molar-refractivity contribution is -0.134. The predicted molar refractivity (Wildman–Crippen MR) is 123 cm³/mol. The maximum atomic E-state index is 12.8. The van der Waals surface area contributed by atoms with Gasteiger partial charge in [0.15, 0.2) is 5.78 Å². The zero-order valence-electron chi connectivity index (χ0n) is 19.6. The van der Waals surface area contributed by atoms with Crippen LogP contribution in [0.4, 0.5) is 0 Å². The van der Waals surface area contributed by atoms with Crippen LogP contribution in [0.1, 0.15) is 22.8 Å². The standard InChI is InChI=1S/C24H35N3O5/c1-5-31-22-8-6-20(24(30-4)18(22)2)21(28)7-9-23(29)27-14-15-32-19(17-27)16-26-12-10-25(3)11-13-26/h6-9,19H,5,10-17H2,1-4H3. The molecule has 0 N–H and O–H groups in total. The Kier molecular flexibility index (Phi) is 8.67. The molecule has 0 saturated carbocycles. The molecule has 8 heteroatoms. The van der Waals surface area contributed by atoms with Gasteiger partial charge in [-0.2, -0.15) is 0 Å². The number of ketones is 1. The SMILES string of the molecule is CCOc1ccc(C(=O)C=CC(=O)N2CCOC(CN3CCN(C)CC3)C2)c(OC)c1C. The summed E-state index contributed by atoms with van der Waals surface area (Å²) in [5.41, 5.74) is 1.17. The summed E-state index contributed by atoms with van der Waals surface area (Å²) >= 11 is 0. The van der Waals surface area contributed by atoms with Crippen LogP contribution in [0, 0.1) is 6.92 Å². The van der Waals surface area contributed by atoms with E-state index in [1.54, 1.807) is 17.0 Å². The molecule has 2 saturated heterocycles. The van der Waals surface area contributed by atoms with Crippen molar-refractivity contribution < 1.29 is 23.8 Å². The van der Waals surface area contributed by atoms with Crippen molar-refractivity contribution in [2.24, 2.45) is 0 Å². The Hall–Kier alpha value is -2.42. The topological polar surface area (TPSA) is 71.6 Å². The smallest absolute Gasteiger partial charge is 0.246 e. The summed E-state index contributed by atoms with van der Waals surface area (Å²) < 4.78 is 16.9. The van der Waals surface area contributed by atoms with Gasteiger partial charge in [0.1, 0.15) is 11.5 Å². The number of methoxy groups -OCH3 is 1. The van der Waals surface area contributed by atoms with Crippen molar-refractivity contribution in [2.45, 2.75) is 20.0 Å². The van der Waals surface area contributed by atoms with Crippen molar-refractivity contribution in [3.05, 3.63) is 35.4 Å². The number of likely N-dealkylation sites (N-methyl/N-ethyl adjacent to an activating group) is 1. The van der Waals surface area contributed by atoms with Crippen molar-refractivity contribution in [3.63, 3.8) is 0 Å². The highest BCUT2D eigenvalue weighted by Crippen LogP contribution is 2.32. The summed E-state index contributed by atoms with van der Waals surface area (Å²) in [5, 5.41) is 0. The van der Waals surface area contributed by atoms with E-state index < -0.39 is 0 Å². The molecular weight excluding hydrogens is 410 g/mol. The molecule has 0 radical (unpaired) electrons. The molecule has 0 aromatic heterocycles. The van der Waals surface area contributed by atoms with Crippen molar-refractivity contribution in [3.8, 4) is 11.5 Å². The minimum absolute atomic E-state index is 0.00550. The predicted octanol–water partition coefficient (Wildman–Crippen LogP) is 1.62. The van der Waals surface area contributed by atoms with E-state index in [9.17, 15) is 9.59 Å². The van der Waals surface area contributed by atoms with Crippen molar-refractivity contribution in [1.29, 1.82) is 0 Å². The molecule has 176 valence electrons. The number of piperazine rings is 1. The van der Waals surface area contributed by atoms with E-state index in [0.717, 1.165) is 38.3 Å². The van der Waals surface area contributed by atoms with Crippen LogP contribution in [0.3, 0.4) is 0 Å². The van der Waals surface area contributed by atoms with Gasteiger partial charge in [-0.15, -0.1) is 0 Å². The van der Waals surface area contributed by atoms with Crippen LogP contribution in [0.15, 0.2) is 24.3 Å². The van der Waals surface area contributed by atoms with Gasteiger partial charge in [0.25, 0.3) is 0 Å². The first-order chi connectivity index (χ1) is 15.4. The summed E-state index contributed by atoms with van der Waals surface area (Å²) in [5.74, 6) is 0.701. The summed E-state index contributed by atoms with van der Waals surface area (Å²) in [6.07, 6.45) is 2.67. The molecule has 0 bridgehead atoms. The number of amides is 1. The number of nitrogens with zero attached hydrogens (tertiary/aromatic N) is 3. The molecular formula is C24H35N3O5. The maximum absolute atomic E-state index is 12.8. The molecule has 0 aliphatic carbocycles. The van der Waals surface area contributed by atoms with Gasteiger partial charge in [0.2, 0.25) is 5.91 Å². The molecule has 2 aliphatic heterocycles. The van der Waals surface area contributed by atoms with Gasteiger partial charge in [-0.1, -0.05) is 0 Å². The first kappa shape index (κ1) is 24.2. The quantitative estimate of drug-likeness (QED) is 0.445. The number of carbonyl (C=O) groups excluding carboxylic acids is 2. The zero-order chi connectivity index (χ0) is 23.1. The van der Waals surface area contributed by atoms with Crippen LogP contribution < -0.4 is 9.47 Å². The fourth-order valence-corrected chi connectivity index (χ4v) is 4.13. The number of carbonyl (C=O) groups is 2. The average molecular weight is 446 g/mol. The van der Waals surface area contributed by atoms with Crippen LogP contribution >= 0.6 is 0 Å². The van der Waals surface area contributed by atoms with Crippen LogP contribution in [-0.4, -0.2) is 106 Å². The molecule has 1 aromatic carbocycles. The third-order valence-electron chi connectivity index (χ3n) is 6.01. The Labute approximate surface area is 190 Å².